The molecule has 120 valence electrons. The molecule has 1 fully saturated rings. The van der Waals surface area contributed by atoms with Crippen LogP contribution >= 0.6 is 11.6 Å². The largest absolute Gasteiger partial charge is 0.496 e. The smallest absolute Gasteiger partial charge is 0.255 e. The second-order valence-electron chi connectivity index (χ2n) is 5.06. The Labute approximate surface area is 134 Å². The molecule has 0 radical (unpaired) electrons. The molecule has 1 aliphatic heterocycles. The van der Waals surface area contributed by atoms with E-state index in [1.807, 2.05) is 0 Å². The van der Waals surface area contributed by atoms with Gasteiger partial charge in [-0.2, -0.15) is 0 Å². The van der Waals surface area contributed by atoms with Gasteiger partial charge in [0.15, 0.2) is 0 Å². The zero-order valence-corrected chi connectivity index (χ0v) is 13.3. The molecule has 1 saturated heterocycles. The van der Waals surface area contributed by atoms with E-state index in [0.717, 1.165) is 19.4 Å². The number of carbonyl (C=O) groups excluding carboxylic acids is 2. The van der Waals surface area contributed by atoms with E-state index in [9.17, 15) is 9.59 Å². The van der Waals surface area contributed by atoms with Crippen molar-refractivity contribution in [3.8, 4) is 5.75 Å². The predicted molar refractivity (Wildman–Crippen MR) is 83.6 cm³/mol. The van der Waals surface area contributed by atoms with E-state index < -0.39 is 0 Å². The summed E-state index contributed by atoms with van der Waals surface area (Å²) in [6.45, 7) is 2.57. The predicted octanol–water partition coefficient (Wildman–Crippen LogP) is 2.22. The molecule has 6 nitrogen and oxygen atoms in total. The summed E-state index contributed by atoms with van der Waals surface area (Å²) < 4.78 is 10.7. The molecule has 2 amide bonds. The highest BCUT2D eigenvalue weighted by Gasteiger charge is 2.20. The lowest BCUT2D eigenvalue weighted by molar-refractivity contribution is -0.114. The first-order valence-corrected chi connectivity index (χ1v) is 7.44. The fourth-order valence-corrected chi connectivity index (χ4v) is 2.50. The molecule has 0 spiro atoms. The van der Waals surface area contributed by atoms with Crippen molar-refractivity contribution >= 4 is 29.1 Å². The normalized spacial score (nSPS) is 17.1. The van der Waals surface area contributed by atoms with Crippen molar-refractivity contribution in [1.29, 1.82) is 0 Å². The third kappa shape index (κ3) is 4.11. The summed E-state index contributed by atoms with van der Waals surface area (Å²) in [7, 11) is 1.46. The number of benzene rings is 1. The van der Waals surface area contributed by atoms with Gasteiger partial charge in [-0.1, -0.05) is 11.6 Å². The van der Waals surface area contributed by atoms with Gasteiger partial charge in [-0.25, -0.2) is 0 Å². The standard InChI is InChI=1S/C15H19ClN2O4/c1-9(19)18-13-7-14(21-2)11(6-12(13)16)15(20)17-8-10-4-3-5-22-10/h6-7,10H,3-5,8H2,1-2H3,(H,17,20)(H,18,19). The number of hydrogen-bond acceptors (Lipinski definition) is 4. The highest BCUT2D eigenvalue weighted by molar-refractivity contribution is 6.34. The van der Waals surface area contributed by atoms with Gasteiger partial charge in [-0.3, -0.25) is 9.59 Å². The molecule has 2 N–H and O–H groups in total. The summed E-state index contributed by atoms with van der Waals surface area (Å²) in [6.07, 6.45) is 2.02. The topological polar surface area (TPSA) is 76.7 Å². The Morgan fingerprint density at radius 3 is 2.82 bits per heavy atom. The maximum Gasteiger partial charge on any atom is 0.255 e. The molecule has 1 aromatic carbocycles. The number of carbonyl (C=O) groups is 2. The average Bonchev–Trinajstić information content (AvgIpc) is 2.99. The highest BCUT2D eigenvalue weighted by Crippen LogP contribution is 2.31. The summed E-state index contributed by atoms with van der Waals surface area (Å²) in [4.78, 5) is 23.4. The van der Waals surface area contributed by atoms with Crippen LogP contribution in [0.2, 0.25) is 5.02 Å². The minimum Gasteiger partial charge on any atom is -0.496 e. The molecule has 1 atom stereocenters. The number of hydrogen-bond donors (Lipinski definition) is 2. The van der Waals surface area contributed by atoms with Gasteiger partial charge in [0.2, 0.25) is 5.91 Å². The van der Waals surface area contributed by atoms with Gasteiger partial charge in [-0.15, -0.1) is 0 Å². The quantitative estimate of drug-likeness (QED) is 0.869. The number of rotatable bonds is 5. The number of amides is 2. The Hall–Kier alpha value is -1.79. The number of anilines is 1. The van der Waals surface area contributed by atoms with Gasteiger partial charge in [0.25, 0.3) is 5.91 Å². The molecule has 22 heavy (non-hydrogen) atoms. The van der Waals surface area contributed by atoms with Gasteiger partial charge < -0.3 is 20.1 Å². The van der Waals surface area contributed by atoms with Crippen LogP contribution < -0.4 is 15.4 Å². The molecule has 0 aromatic heterocycles. The Bertz CT molecular complexity index is 571. The van der Waals surface area contributed by atoms with Crippen LogP contribution in [0, 0.1) is 0 Å². The summed E-state index contributed by atoms with van der Waals surface area (Å²) in [5.41, 5.74) is 0.723. The molecule has 0 aliphatic carbocycles. The van der Waals surface area contributed by atoms with Gasteiger partial charge in [0, 0.05) is 26.1 Å². The van der Waals surface area contributed by atoms with Crippen molar-refractivity contribution in [3.63, 3.8) is 0 Å². The van der Waals surface area contributed by atoms with E-state index in [1.54, 1.807) is 0 Å². The average molecular weight is 327 g/mol. The number of ether oxygens (including phenoxy) is 2. The SMILES string of the molecule is COc1cc(NC(C)=O)c(Cl)cc1C(=O)NCC1CCCO1. The second-order valence-corrected chi connectivity index (χ2v) is 5.47. The fourth-order valence-electron chi connectivity index (χ4n) is 2.29. The summed E-state index contributed by atoms with van der Waals surface area (Å²) in [5.74, 6) is -0.193. The van der Waals surface area contributed by atoms with Crippen molar-refractivity contribution < 1.29 is 19.1 Å². The van der Waals surface area contributed by atoms with Gasteiger partial charge in [0.1, 0.15) is 5.75 Å². The van der Waals surface area contributed by atoms with Crippen LogP contribution in [-0.2, 0) is 9.53 Å². The van der Waals surface area contributed by atoms with Crippen molar-refractivity contribution in [1.82, 2.24) is 5.32 Å². The highest BCUT2D eigenvalue weighted by atomic mass is 35.5. The molecule has 7 heteroatoms. The van der Waals surface area contributed by atoms with Crippen molar-refractivity contribution in [3.05, 3.63) is 22.7 Å². The Kier molecular flexibility index (Phi) is 5.63. The second kappa shape index (κ2) is 7.47. The van der Waals surface area contributed by atoms with E-state index in [2.05, 4.69) is 10.6 Å². The Balaban J connectivity index is 2.12. The minimum atomic E-state index is -0.288. The van der Waals surface area contributed by atoms with Crippen LogP contribution in [0.5, 0.6) is 5.75 Å². The molecule has 1 aliphatic rings. The minimum absolute atomic E-state index is 0.0593. The molecular formula is C15H19ClN2O4. The van der Waals surface area contributed by atoms with Gasteiger partial charge in [-0.05, 0) is 18.9 Å². The molecule has 0 saturated carbocycles. The lowest BCUT2D eigenvalue weighted by Crippen LogP contribution is -2.32. The summed E-state index contributed by atoms with van der Waals surface area (Å²) in [6, 6.07) is 3.02. The monoisotopic (exact) mass is 326 g/mol. The summed E-state index contributed by atoms with van der Waals surface area (Å²) in [5, 5.41) is 5.68. The van der Waals surface area contributed by atoms with E-state index in [0.29, 0.717) is 23.5 Å². The van der Waals surface area contributed by atoms with Crippen LogP contribution in [0.3, 0.4) is 0 Å². The summed E-state index contributed by atoms with van der Waals surface area (Å²) >= 11 is 6.10. The van der Waals surface area contributed by atoms with Crippen molar-refractivity contribution in [2.24, 2.45) is 0 Å². The Morgan fingerprint density at radius 2 is 2.23 bits per heavy atom. The van der Waals surface area contributed by atoms with E-state index in [4.69, 9.17) is 21.1 Å². The molecule has 1 heterocycles. The fraction of sp³-hybridized carbons (Fsp3) is 0.467. The maximum atomic E-state index is 12.3. The third-order valence-electron chi connectivity index (χ3n) is 3.36. The lowest BCUT2D eigenvalue weighted by Gasteiger charge is -2.14. The van der Waals surface area contributed by atoms with E-state index in [-0.39, 0.29) is 22.9 Å². The first-order chi connectivity index (χ1) is 10.5. The van der Waals surface area contributed by atoms with Crippen LogP contribution in [-0.4, -0.2) is 38.2 Å². The Morgan fingerprint density at radius 1 is 1.45 bits per heavy atom. The number of nitrogens with one attached hydrogen (secondary N) is 2. The van der Waals surface area contributed by atoms with Crippen LogP contribution in [0.15, 0.2) is 12.1 Å². The molecular weight excluding hydrogens is 308 g/mol. The van der Waals surface area contributed by atoms with Crippen molar-refractivity contribution in [2.75, 3.05) is 25.6 Å². The first-order valence-electron chi connectivity index (χ1n) is 7.06. The van der Waals surface area contributed by atoms with Gasteiger partial charge >= 0.3 is 0 Å². The van der Waals surface area contributed by atoms with Crippen LogP contribution in [0.4, 0.5) is 5.69 Å². The van der Waals surface area contributed by atoms with E-state index >= 15 is 0 Å². The third-order valence-corrected chi connectivity index (χ3v) is 3.67. The molecule has 0 bridgehead atoms. The van der Waals surface area contributed by atoms with Crippen LogP contribution in [0.25, 0.3) is 0 Å². The molecule has 2 rings (SSSR count). The maximum absolute atomic E-state index is 12.3. The number of methoxy groups -OCH3 is 1. The zero-order chi connectivity index (χ0) is 16.1. The first kappa shape index (κ1) is 16.6. The van der Waals surface area contributed by atoms with Crippen LogP contribution in [0.1, 0.15) is 30.1 Å². The number of halogens is 1. The lowest BCUT2D eigenvalue weighted by atomic mass is 10.1. The van der Waals surface area contributed by atoms with Crippen molar-refractivity contribution in [2.45, 2.75) is 25.9 Å². The van der Waals surface area contributed by atoms with E-state index in [1.165, 1.54) is 26.2 Å². The molecule has 1 unspecified atom stereocenters. The van der Waals surface area contributed by atoms with Gasteiger partial charge in [0.05, 0.1) is 29.5 Å². The zero-order valence-electron chi connectivity index (χ0n) is 12.6. The molecule has 1 aromatic rings.